The van der Waals surface area contributed by atoms with Gasteiger partial charge in [0, 0.05) is 5.92 Å². The molecular weight excluding hydrogens is 696 g/mol. The van der Waals surface area contributed by atoms with Crippen LogP contribution in [0.5, 0.6) is 0 Å². The molecule has 310 valence electrons. The summed E-state index contributed by atoms with van der Waals surface area (Å²) in [7, 11) is 0. The van der Waals surface area contributed by atoms with Crippen molar-refractivity contribution in [2.45, 2.75) is 151 Å². The predicted molar refractivity (Wildman–Crippen MR) is 219 cm³/mol. The third-order valence-electron chi connectivity index (χ3n) is 12.2. The molecule has 0 spiro atoms. The van der Waals surface area contributed by atoms with Crippen LogP contribution in [0.4, 0.5) is 0 Å². The second-order valence-corrected chi connectivity index (χ2v) is 18.2. The molecule has 2 heterocycles. The van der Waals surface area contributed by atoms with Gasteiger partial charge < -0.3 is 29.9 Å². The van der Waals surface area contributed by atoms with Gasteiger partial charge in [0.2, 0.25) is 0 Å². The molecule has 0 radical (unpaired) electrons. The lowest BCUT2D eigenvalue weighted by Gasteiger charge is -2.37. The minimum absolute atomic E-state index is 0.0580. The Bertz CT molecular complexity index is 1510. The summed E-state index contributed by atoms with van der Waals surface area (Å²) in [6.45, 7) is 27.4. The van der Waals surface area contributed by atoms with E-state index in [9.17, 15) is 19.5 Å². The van der Waals surface area contributed by atoms with Crippen LogP contribution in [0.2, 0.25) is 0 Å². The number of carbonyl (C=O) groups is 3. The van der Waals surface area contributed by atoms with E-state index >= 15 is 0 Å². The van der Waals surface area contributed by atoms with Crippen molar-refractivity contribution in [3.8, 4) is 0 Å². The van der Waals surface area contributed by atoms with Crippen LogP contribution in [0, 0.1) is 41.9 Å². The number of ether oxygens (including phenoxy) is 2. The van der Waals surface area contributed by atoms with E-state index in [0.29, 0.717) is 41.8 Å². The highest BCUT2D eigenvalue weighted by Crippen LogP contribution is 2.42. The highest BCUT2D eigenvalue weighted by atomic mass is 16.6. The van der Waals surface area contributed by atoms with Crippen LogP contribution in [-0.2, 0) is 24.5 Å². The Hall–Kier alpha value is -3.27. The Balaban J connectivity index is 0.000000254. The zero-order valence-electron chi connectivity index (χ0n) is 35.9. The van der Waals surface area contributed by atoms with Crippen LogP contribution in [0.1, 0.15) is 153 Å². The van der Waals surface area contributed by atoms with Crippen molar-refractivity contribution in [1.29, 1.82) is 0 Å². The summed E-state index contributed by atoms with van der Waals surface area (Å²) in [6, 6.07) is 13.4. The number of carboxylic acid groups (broad SMARTS) is 3. The molecule has 3 fully saturated rings. The number of hydrogen-bond acceptors (Lipinski definition) is 6. The van der Waals surface area contributed by atoms with Gasteiger partial charge in [0.1, 0.15) is 12.2 Å². The van der Waals surface area contributed by atoms with Gasteiger partial charge in [0.05, 0.1) is 35.7 Å². The van der Waals surface area contributed by atoms with Crippen molar-refractivity contribution in [2.24, 2.45) is 35.0 Å². The average Bonchev–Trinajstić information content (AvgIpc) is 3.71. The molecule has 55 heavy (non-hydrogen) atoms. The SMILES string of the molecule is CC(C)C1CCC(C(C)(C)C(=O)O)CC1.CC(C)[C@@H]1CO[C@H]2[C@@H]1OC[C@H]2O.CC(C)c1ccc(C(C)(C)C(=O)O)cc1.Cc1ccc(C(C)C)cc1C(=O)O. The zero-order chi connectivity index (χ0) is 42.0. The molecule has 1 saturated carbocycles. The standard InChI is InChI=1S/C13H24O2.C13H18O2.C11H14O2.C9H16O3/c2*1-9(2)10-5-7-11(8-6-10)13(3,4)12(14)15;1-7(2)9-5-4-8(3)10(6-9)11(12)13;1-5(2)6-3-11-9-7(10)4-12-8(6)9/h9-11H,5-8H2,1-4H3,(H,14,15);5-9H,1-4H3,(H,14,15);4-7H,1-3H3,(H,12,13);5-10H,3-4H2,1-2H3/t;;;6-,7+,8+,9+/m...0/s1. The van der Waals surface area contributed by atoms with E-state index in [1.54, 1.807) is 19.9 Å². The molecule has 2 aromatic rings. The summed E-state index contributed by atoms with van der Waals surface area (Å²) in [5.74, 6) is 1.54. The second-order valence-electron chi connectivity index (χ2n) is 18.2. The topological polar surface area (TPSA) is 151 Å². The smallest absolute Gasteiger partial charge is 0.335 e. The number of aliphatic hydroxyl groups excluding tert-OH is 1. The lowest BCUT2D eigenvalue weighted by molar-refractivity contribution is -0.151. The summed E-state index contributed by atoms with van der Waals surface area (Å²) in [5, 5.41) is 36.6. The molecule has 0 unspecified atom stereocenters. The molecule has 5 rings (SSSR count). The molecule has 9 heteroatoms. The molecule has 1 aliphatic carbocycles. The van der Waals surface area contributed by atoms with Crippen molar-refractivity contribution >= 4 is 17.9 Å². The molecule has 0 amide bonds. The monoisotopic (exact) mass is 769 g/mol. The number of aromatic carboxylic acids is 1. The van der Waals surface area contributed by atoms with E-state index in [2.05, 4.69) is 55.4 Å². The number of aryl methyl sites for hydroxylation is 1. The molecule has 4 N–H and O–H groups in total. The summed E-state index contributed by atoms with van der Waals surface area (Å²) < 4.78 is 11.0. The van der Waals surface area contributed by atoms with Gasteiger partial charge in [0.25, 0.3) is 0 Å². The quantitative estimate of drug-likeness (QED) is 0.195. The number of fused-ring (bicyclic) bond motifs is 1. The van der Waals surface area contributed by atoms with Crippen LogP contribution in [0.25, 0.3) is 0 Å². The van der Waals surface area contributed by atoms with E-state index in [4.69, 9.17) is 24.8 Å². The highest BCUT2D eigenvalue weighted by molar-refractivity contribution is 5.89. The maximum Gasteiger partial charge on any atom is 0.335 e. The number of benzene rings is 2. The van der Waals surface area contributed by atoms with Gasteiger partial charge >= 0.3 is 17.9 Å². The Morgan fingerprint density at radius 1 is 0.673 bits per heavy atom. The minimum Gasteiger partial charge on any atom is -0.481 e. The van der Waals surface area contributed by atoms with Crippen LogP contribution >= 0.6 is 0 Å². The van der Waals surface area contributed by atoms with Crippen LogP contribution < -0.4 is 0 Å². The lowest BCUT2D eigenvalue weighted by Crippen LogP contribution is -2.35. The maximum absolute atomic E-state index is 11.1. The fourth-order valence-electron chi connectivity index (χ4n) is 7.40. The number of hydrogen-bond donors (Lipinski definition) is 4. The summed E-state index contributed by atoms with van der Waals surface area (Å²) in [5.41, 5.74) is 3.03. The van der Waals surface area contributed by atoms with Crippen molar-refractivity contribution in [3.05, 3.63) is 70.3 Å². The van der Waals surface area contributed by atoms with Gasteiger partial charge in [-0.3, -0.25) is 9.59 Å². The number of aliphatic carboxylic acids is 2. The normalized spacial score (nSPS) is 23.6. The van der Waals surface area contributed by atoms with Gasteiger partial charge in [-0.15, -0.1) is 0 Å². The Labute approximate surface area is 331 Å². The van der Waals surface area contributed by atoms with E-state index in [1.807, 2.05) is 57.2 Å². The molecule has 9 nitrogen and oxygen atoms in total. The summed E-state index contributed by atoms with van der Waals surface area (Å²) in [4.78, 5) is 33.0. The average molecular weight is 769 g/mol. The summed E-state index contributed by atoms with van der Waals surface area (Å²) >= 11 is 0. The van der Waals surface area contributed by atoms with Crippen molar-refractivity contribution in [3.63, 3.8) is 0 Å². The highest BCUT2D eigenvalue weighted by Gasteiger charge is 2.47. The first-order chi connectivity index (χ1) is 25.4. The molecule has 3 aliphatic rings. The Kier molecular flexibility index (Phi) is 18.1. The fraction of sp³-hybridized carbons (Fsp3) is 0.674. The Morgan fingerprint density at radius 3 is 1.62 bits per heavy atom. The van der Waals surface area contributed by atoms with Crippen LogP contribution in [-0.4, -0.2) is 69.9 Å². The minimum atomic E-state index is -0.847. The van der Waals surface area contributed by atoms with Crippen LogP contribution in [0.15, 0.2) is 42.5 Å². The number of carboxylic acids is 3. The lowest BCUT2D eigenvalue weighted by atomic mass is 9.67. The molecule has 0 aromatic heterocycles. The van der Waals surface area contributed by atoms with Gasteiger partial charge in [-0.2, -0.15) is 0 Å². The zero-order valence-corrected chi connectivity index (χ0v) is 35.9. The van der Waals surface area contributed by atoms with Crippen molar-refractivity contribution < 1.29 is 44.3 Å². The van der Waals surface area contributed by atoms with E-state index in [0.717, 1.165) is 48.0 Å². The summed E-state index contributed by atoms with van der Waals surface area (Å²) in [6.07, 6.45) is 4.26. The van der Waals surface area contributed by atoms with Gasteiger partial charge in [0.15, 0.2) is 0 Å². The largest absolute Gasteiger partial charge is 0.481 e. The first-order valence-electron chi connectivity index (χ1n) is 20.3. The molecule has 4 atom stereocenters. The molecular formula is C46H72O9. The molecule has 2 aliphatic heterocycles. The van der Waals surface area contributed by atoms with E-state index in [1.165, 1.54) is 18.4 Å². The van der Waals surface area contributed by atoms with Crippen molar-refractivity contribution in [2.75, 3.05) is 13.2 Å². The van der Waals surface area contributed by atoms with E-state index in [-0.39, 0.29) is 12.2 Å². The van der Waals surface area contributed by atoms with Gasteiger partial charge in [-0.1, -0.05) is 91.8 Å². The molecule has 2 aromatic carbocycles. The number of rotatable bonds is 9. The van der Waals surface area contributed by atoms with Crippen LogP contribution in [0.3, 0.4) is 0 Å². The third-order valence-corrected chi connectivity index (χ3v) is 12.2. The molecule has 0 bridgehead atoms. The first-order valence-corrected chi connectivity index (χ1v) is 20.3. The second kappa shape index (κ2) is 20.8. The van der Waals surface area contributed by atoms with E-state index < -0.39 is 34.8 Å². The van der Waals surface area contributed by atoms with Gasteiger partial charge in [-0.05, 0) is 124 Å². The first kappa shape index (κ1) is 47.9. The fourth-order valence-corrected chi connectivity index (χ4v) is 7.40. The third kappa shape index (κ3) is 13.1. The number of aliphatic hydroxyl groups is 1. The Morgan fingerprint density at radius 2 is 1.18 bits per heavy atom. The molecule has 2 saturated heterocycles. The predicted octanol–water partition coefficient (Wildman–Crippen LogP) is 9.97. The van der Waals surface area contributed by atoms with Crippen molar-refractivity contribution in [1.82, 2.24) is 0 Å². The van der Waals surface area contributed by atoms with Gasteiger partial charge in [-0.25, -0.2) is 4.79 Å². The maximum atomic E-state index is 11.1.